The fraction of sp³-hybridized carbons (Fsp3) is 0.714. The SMILES string of the molecule is CCC1(C)NC=CCN1. The monoisotopic (exact) mass is 126 g/mol. The van der Waals surface area contributed by atoms with Crippen molar-refractivity contribution >= 4 is 0 Å². The van der Waals surface area contributed by atoms with E-state index in [1.807, 2.05) is 6.20 Å². The predicted octanol–water partition coefficient (Wildman–Crippen LogP) is 0.819. The summed E-state index contributed by atoms with van der Waals surface area (Å²) in [7, 11) is 0. The molecule has 1 aliphatic heterocycles. The van der Waals surface area contributed by atoms with Crippen LogP contribution in [0.25, 0.3) is 0 Å². The highest BCUT2D eigenvalue weighted by molar-refractivity contribution is 4.96. The average Bonchev–Trinajstić information content (AvgIpc) is 1.90. The first-order valence-electron chi connectivity index (χ1n) is 3.44. The standard InChI is InChI=1S/C7H14N2/c1-3-7(2)8-5-4-6-9-7/h4-5,8-9H,3,6H2,1-2H3. The van der Waals surface area contributed by atoms with Crippen molar-refractivity contribution in [1.82, 2.24) is 10.6 Å². The van der Waals surface area contributed by atoms with E-state index in [-0.39, 0.29) is 5.66 Å². The Bertz CT molecular complexity index is 120. The van der Waals surface area contributed by atoms with E-state index in [0.29, 0.717) is 0 Å². The third-order valence-electron chi connectivity index (χ3n) is 1.84. The molecule has 2 nitrogen and oxygen atoms in total. The maximum atomic E-state index is 3.35. The molecule has 0 aromatic rings. The van der Waals surface area contributed by atoms with Crippen molar-refractivity contribution in [1.29, 1.82) is 0 Å². The van der Waals surface area contributed by atoms with Crippen LogP contribution in [-0.4, -0.2) is 12.2 Å². The van der Waals surface area contributed by atoms with Gasteiger partial charge in [-0.15, -0.1) is 0 Å². The Balaban J connectivity index is 2.50. The lowest BCUT2D eigenvalue weighted by atomic mass is 10.1. The summed E-state index contributed by atoms with van der Waals surface area (Å²) in [6.45, 7) is 5.31. The van der Waals surface area contributed by atoms with Gasteiger partial charge in [0.1, 0.15) is 0 Å². The van der Waals surface area contributed by atoms with Gasteiger partial charge in [0.2, 0.25) is 0 Å². The Morgan fingerprint density at radius 2 is 2.44 bits per heavy atom. The van der Waals surface area contributed by atoms with E-state index in [2.05, 4.69) is 30.6 Å². The van der Waals surface area contributed by atoms with Gasteiger partial charge in [0.25, 0.3) is 0 Å². The van der Waals surface area contributed by atoms with Crippen LogP contribution in [0.3, 0.4) is 0 Å². The number of rotatable bonds is 1. The molecule has 52 valence electrons. The van der Waals surface area contributed by atoms with Crippen molar-refractivity contribution in [2.75, 3.05) is 6.54 Å². The van der Waals surface area contributed by atoms with Gasteiger partial charge in [0.15, 0.2) is 0 Å². The number of hydrogen-bond donors (Lipinski definition) is 2. The van der Waals surface area contributed by atoms with Gasteiger partial charge in [-0.25, -0.2) is 0 Å². The van der Waals surface area contributed by atoms with Gasteiger partial charge >= 0.3 is 0 Å². The van der Waals surface area contributed by atoms with Crippen molar-refractivity contribution in [3.63, 3.8) is 0 Å². The number of nitrogens with one attached hydrogen (secondary N) is 2. The molecule has 1 atom stereocenters. The summed E-state index contributed by atoms with van der Waals surface area (Å²) in [5.41, 5.74) is 0.134. The first kappa shape index (κ1) is 6.62. The molecule has 0 bridgehead atoms. The molecular formula is C7H14N2. The molecule has 0 saturated heterocycles. The third kappa shape index (κ3) is 1.45. The molecule has 0 aromatic carbocycles. The second-order valence-corrected chi connectivity index (χ2v) is 2.61. The van der Waals surface area contributed by atoms with Gasteiger partial charge < -0.3 is 5.32 Å². The minimum Gasteiger partial charge on any atom is -0.374 e. The van der Waals surface area contributed by atoms with Crippen LogP contribution in [0.5, 0.6) is 0 Å². The summed E-state index contributed by atoms with van der Waals surface area (Å²) in [6, 6.07) is 0. The van der Waals surface area contributed by atoms with Crippen molar-refractivity contribution in [3.05, 3.63) is 12.3 Å². The van der Waals surface area contributed by atoms with E-state index in [0.717, 1.165) is 13.0 Å². The van der Waals surface area contributed by atoms with Crippen LogP contribution in [0.4, 0.5) is 0 Å². The van der Waals surface area contributed by atoms with E-state index in [4.69, 9.17) is 0 Å². The minimum atomic E-state index is 0.134. The summed E-state index contributed by atoms with van der Waals surface area (Å²) in [4.78, 5) is 0. The fourth-order valence-corrected chi connectivity index (χ4v) is 0.864. The predicted molar refractivity (Wildman–Crippen MR) is 39.0 cm³/mol. The molecule has 1 unspecified atom stereocenters. The summed E-state index contributed by atoms with van der Waals surface area (Å²) >= 11 is 0. The van der Waals surface area contributed by atoms with Crippen LogP contribution in [0.2, 0.25) is 0 Å². The third-order valence-corrected chi connectivity index (χ3v) is 1.84. The van der Waals surface area contributed by atoms with Crippen LogP contribution in [0.15, 0.2) is 12.3 Å². The summed E-state index contributed by atoms with van der Waals surface area (Å²) < 4.78 is 0. The Morgan fingerprint density at radius 1 is 1.67 bits per heavy atom. The van der Waals surface area contributed by atoms with Crippen LogP contribution in [-0.2, 0) is 0 Å². The van der Waals surface area contributed by atoms with Crippen molar-refractivity contribution in [3.8, 4) is 0 Å². The highest BCUT2D eigenvalue weighted by atomic mass is 15.2. The molecule has 0 spiro atoms. The Kier molecular flexibility index (Phi) is 1.76. The maximum absolute atomic E-state index is 3.35. The molecule has 1 rings (SSSR count). The molecule has 0 fully saturated rings. The van der Waals surface area contributed by atoms with Crippen molar-refractivity contribution in [2.45, 2.75) is 25.9 Å². The Hall–Kier alpha value is -0.500. The molecular weight excluding hydrogens is 112 g/mol. The second-order valence-electron chi connectivity index (χ2n) is 2.61. The smallest absolute Gasteiger partial charge is 0.0847 e. The molecule has 2 N–H and O–H groups in total. The lowest BCUT2D eigenvalue weighted by Crippen LogP contribution is -2.54. The molecule has 9 heavy (non-hydrogen) atoms. The minimum absolute atomic E-state index is 0.134. The van der Waals surface area contributed by atoms with E-state index < -0.39 is 0 Å². The van der Waals surface area contributed by atoms with Crippen LogP contribution >= 0.6 is 0 Å². The van der Waals surface area contributed by atoms with Crippen molar-refractivity contribution < 1.29 is 0 Å². The number of hydrogen-bond acceptors (Lipinski definition) is 2. The van der Waals surface area contributed by atoms with Gasteiger partial charge in [-0.1, -0.05) is 13.0 Å². The molecule has 2 heteroatoms. The zero-order valence-electron chi connectivity index (χ0n) is 6.07. The molecule has 0 aliphatic carbocycles. The molecule has 0 aromatic heterocycles. The van der Waals surface area contributed by atoms with Gasteiger partial charge in [-0.3, -0.25) is 5.32 Å². The fourth-order valence-electron chi connectivity index (χ4n) is 0.864. The van der Waals surface area contributed by atoms with Crippen LogP contribution in [0, 0.1) is 0 Å². The average molecular weight is 126 g/mol. The first-order chi connectivity index (χ1) is 4.27. The van der Waals surface area contributed by atoms with Crippen molar-refractivity contribution in [2.24, 2.45) is 0 Å². The molecule has 1 aliphatic rings. The molecule has 0 amide bonds. The largest absolute Gasteiger partial charge is 0.374 e. The molecule has 0 radical (unpaired) electrons. The van der Waals surface area contributed by atoms with Crippen LogP contribution < -0.4 is 10.6 Å². The zero-order valence-corrected chi connectivity index (χ0v) is 6.07. The highest BCUT2D eigenvalue weighted by Gasteiger charge is 2.19. The zero-order chi connectivity index (χ0) is 6.74. The lowest BCUT2D eigenvalue weighted by Gasteiger charge is -2.32. The Labute approximate surface area is 56.3 Å². The van der Waals surface area contributed by atoms with Crippen LogP contribution in [0.1, 0.15) is 20.3 Å². The van der Waals surface area contributed by atoms with Gasteiger partial charge in [-0.05, 0) is 19.5 Å². The van der Waals surface area contributed by atoms with Gasteiger partial charge in [-0.2, -0.15) is 0 Å². The molecule has 1 heterocycles. The molecule has 0 saturated carbocycles. The first-order valence-corrected chi connectivity index (χ1v) is 3.44. The maximum Gasteiger partial charge on any atom is 0.0847 e. The normalized spacial score (nSPS) is 34.0. The van der Waals surface area contributed by atoms with E-state index >= 15 is 0 Å². The summed E-state index contributed by atoms with van der Waals surface area (Å²) in [5, 5.41) is 6.60. The van der Waals surface area contributed by atoms with E-state index in [1.165, 1.54) is 0 Å². The highest BCUT2D eigenvalue weighted by Crippen LogP contribution is 2.05. The lowest BCUT2D eigenvalue weighted by molar-refractivity contribution is 0.306. The van der Waals surface area contributed by atoms with Gasteiger partial charge in [0.05, 0.1) is 5.66 Å². The van der Waals surface area contributed by atoms with E-state index in [1.54, 1.807) is 0 Å². The topological polar surface area (TPSA) is 24.1 Å². The Morgan fingerprint density at radius 3 is 2.78 bits per heavy atom. The van der Waals surface area contributed by atoms with Gasteiger partial charge in [0, 0.05) is 6.54 Å². The van der Waals surface area contributed by atoms with E-state index in [9.17, 15) is 0 Å². The quantitative estimate of drug-likeness (QED) is 0.543. The second kappa shape index (κ2) is 2.40. The summed E-state index contributed by atoms with van der Waals surface area (Å²) in [5.74, 6) is 0. The summed E-state index contributed by atoms with van der Waals surface area (Å²) in [6.07, 6.45) is 5.20.